The number of carbonyl (C=O) groups excluding carboxylic acids is 3. The number of hydrogen-bond donors (Lipinski definition) is 4. The molecule has 2 aromatic carbocycles. The average molecular weight is 722 g/mol. The van der Waals surface area contributed by atoms with Crippen LogP contribution in [-0.2, 0) is 35.6 Å². The number of hydrogen-bond acceptors (Lipinski definition) is 10. The Morgan fingerprint density at radius 2 is 1.64 bits per heavy atom. The van der Waals surface area contributed by atoms with Crippen molar-refractivity contribution in [1.82, 2.24) is 35.3 Å². The van der Waals surface area contributed by atoms with E-state index in [4.69, 9.17) is 4.74 Å². The van der Waals surface area contributed by atoms with Gasteiger partial charge in [-0.1, -0.05) is 88.4 Å². The van der Waals surface area contributed by atoms with Crippen LogP contribution in [0, 0.1) is 5.92 Å². The van der Waals surface area contributed by atoms with E-state index < -0.39 is 36.2 Å². The number of hydrazine groups is 1. The van der Waals surface area contributed by atoms with E-state index in [-0.39, 0.29) is 38.0 Å². The molecule has 2 heterocycles. The van der Waals surface area contributed by atoms with Crippen molar-refractivity contribution in [2.45, 2.75) is 77.9 Å². The number of thiazole rings is 1. The molecule has 4 aromatic rings. The van der Waals surface area contributed by atoms with Gasteiger partial charge in [-0.3, -0.25) is 4.79 Å². The van der Waals surface area contributed by atoms with E-state index in [0.29, 0.717) is 6.54 Å². The van der Waals surface area contributed by atoms with Crippen molar-refractivity contribution in [3.8, 4) is 0 Å². The Balaban J connectivity index is 1.58. The third-order valence-electron chi connectivity index (χ3n) is 7.90. The third kappa shape index (κ3) is 11.6. The molecule has 0 aliphatic rings. The van der Waals surface area contributed by atoms with E-state index in [1.165, 1.54) is 16.4 Å². The number of aromatic nitrogens is 2. The number of aliphatic hydroxyl groups excluding tert-OH is 1. The van der Waals surface area contributed by atoms with Crippen molar-refractivity contribution in [3.63, 3.8) is 0 Å². The standard InChI is InChI=1S/C36H47N7O5S2/c1-24(2)32(40-35(46)42(5)21-28-23-49-33(39-28)25(3)4)34(45)43(41-36(47)48-22-29-16-17-38-50-29)30(18-26-12-8-6-9-13-26)31(44)20-37-19-27-14-10-7-11-15-27/h6-17,23-25,30-32,37,44H,18-22H2,1-5H3,(H,40,46)(H,41,47)/t30-,31?,32-/m0/s1. The first-order valence-corrected chi connectivity index (χ1v) is 18.3. The molecule has 14 heteroatoms. The summed E-state index contributed by atoms with van der Waals surface area (Å²) in [6, 6.07) is 18.4. The van der Waals surface area contributed by atoms with Crippen LogP contribution in [0.2, 0.25) is 0 Å². The Hall–Kier alpha value is -4.37. The van der Waals surface area contributed by atoms with Gasteiger partial charge >= 0.3 is 12.1 Å². The second-order valence-corrected chi connectivity index (χ2v) is 14.5. The van der Waals surface area contributed by atoms with Crippen LogP contribution in [0.15, 0.2) is 78.3 Å². The second-order valence-electron chi connectivity index (χ2n) is 12.7. The Bertz CT molecular complexity index is 1620. The van der Waals surface area contributed by atoms with Crippen molar-refractivity contribution in [1.29, 1.82) is 0 Å². The highest BCUT2D eigenvalue weighted by molar-refractivity contribution is 7.09. The molecule has 0 saturated carbocycles. The fourth-order valence-corrected chi connectivity index (χ4v) is 6.44. The molecule has 4 N–H and O–H groups in total. The molecule has 0 saturated heterocycles. The van der Waals surface area contributed by atoms with E-state index in [0.717, 1.165) is 31.7 Å². The van der Waals surface area contributed by atoms with Gasteiger partial charge in [0.15, 0.2) is 0 Å². The minimum Gasteiger partial charge on any atom is -0.443 e. The Kier molecular flexibility index (Phi) is 14.7. The number of nitrogens with zero attached hydrogens (tertiary/aromatic N) is 4. The van der Waals surface area contributed by atoms with E-state index in [1.54, 1.807) is 30.6 Å². The maximum atomic E-state index is 14.6. The van der Waals surface area contributed by atoms with Crippen LogP contribution in [-0.4, -0.2) is 74.2 Å². The van der Waals surface area contributed by atoms with Crippen LogP contribution in [0.1, 0.15) is 60.3 Å². The van der Waals surface area contributed by atoms with Crippen LogP contribution in [0.25, 0.3) is 0 Å². The van der Waals surface area contributed by atoms with Gasteiger partial charge in [0.1, 0.15) is 12.6 Å². The van der Waals surface area contributed by atoms with Crippen molar-refractivity contribution in [2.24, 2.45) is 5.92 Å². The predicted molar refractivity (Wildman–Crippen MR) is 195 cm³/mol. The zero-order chi connectivity index (χ0) is 36.0. The van der Waals surface area contributed by atoms with Crippen LogP contribution >= 0.6 is 22.9 Å². The van der Waals surface area contributed by atoms with Gasteiger partial charge in [-0.05, 0) is 41.1 Å². The Morgan fingerprint density at radius 1 is 0.960 bits per heavy atom. The quantitative estimate of drug-likeness (QED) is 0.114. The van der Waals surface area contributed by atoms with Crippen molar-refractivity contribution in [2.75, 3.05) is 13.6 Å². The number of amides is 4. The minimum absolute atomic E-state index is 0.0483. The molecular formula is C36H47N7O5S2. The number of rotatable bonds is 16. The molecule has 0 bridgehead atoms. The largest absolute Gasteiger partial charge is 0.443 e. The predicted octanol–water partition coefficient (Wildman–Crippen LogP) is 5.32. The number of urea groups is 1. The molecule has 50 heavy (non-hydrogen) atoms. The van der Waals surface area contributed by atoms with Gasteiger partial charge in [-0.15, -0.1) is 11.3 Å². The van der Waals surface area contributed by atoms with Gasteiger partial charge in [0.2, 0.25) is 0 Å². The van der Waals surface area contributed by atoms with Gasteiger partial charge in [0.05, 0.1) is 34.3 Å². The SMILES string of the molecule is CC(C)c1nc(CN(C)C(=O)N[C@H](C(=O)N(NC(=O)OCc2ccns2)[C@@H](Cc2ccccc2)C(O)CNCc2ccccc2)C(C)C)cs1. The highest BCUT2D eigenvalue weighted by Gasteiger charge is 2.38. The molecule has 4 rings (SSSR count). The van der Waals surface area contributed by atoms with Crippen LogP contribution in [0.5, 0.6) is 0 Å². The van der Waals surface area contributed by atoms with Gasteiger partial charge in [-0.25, -0.2) is 29.4 Å². The monoisotopic (exact) mass is 721 g/mol. The lowest BCUT2D eigenvalue weighted by Crippen LogP contribution is -2.64. The first-order valence-electron chi connectivity index (χ1n) is 16.6. The highest BCUT2D eigenvalue weighted by atomic mass is 32.1. The normalized spacial score (nSPS) is 13.0. The lowest BCUT2D eigenvalue weighted by Gasteiger charge is -2.38. The molecule has 0 radical (unpaired) electrons. The van der Waals surface area contributed by atoms with Crippen LogP contribution < -0.4 is 16.1 Å². The molecule has 4 amide bonds. The first-order chi connectivity index (χ1) is 24.0. The van der Waals surface area contributed by atoms with Crippen LogP contribution in [0.4, 0.5) is 9.59 Å². The van der Waals surface area contributed by atoms with Crippen LogP contribution in [0.3, 0.4) is 0 Å². The zero-order valence-electron chi connectivity index (χ0n) is 29.1. The fraction of sp³-hybridized carbons (Fsp3) is 0.417. The maximum absolute atomic E-state index is 14.6. The van der Waals surface area contributed by atoms with Crippen molar-refractivity contribution >= 4 is 40.9 Å². The second kappa shape index (κ2) is 19.1. The van der Waals surface area contributed by atoms with E-state index in [9.17, 15) is 19.5 Å². The molecule has 268 valence electrons. The summed E-state index contributed by atoms with van der Waals surface area (Å²) in [6.07, 6.45) is -0.201. The lowest BCUT2D eigenvalue weighted by atomic mass is 9.97. The molecule has 0 spiro atoms. The van der Waals surface area contributed by atoms with Gasteiger partial charge < -0.3 is 25.4 Å². The maximum Gasteiger partial charge on any atom is 0.426 e. The topological polar surface area (TPSA) is 149 Å². The molecular weight excluding hydrogens is 675 g/mol. The van der Waals surface area contributed by atoms with E-state index in [1.807, 2.05) is 79.9 Å². The lowest BCUT2D eigenvalue weighted by molar-refractivity contribution is -0.143. The third-order valence-corrected chi connectivity index (χ3v) is 9.81. The summed E-state index contributed by atoms with van der Waals surface area (Å²) in [7, 11) is 1.64. The number of nitrogens with one attached hydrogen (secondary N) is 3. The molecule has 0 fully saturated rings. The van der Waals surface area contributed by atoms with Gasteiger partial charge in [0.25, 0.3) is 5.91 Å². The molecule has 0 aliphatic carbocycles. The van der Waals surface area contributed by atoms with E-state index >= 15 is 0 Å². The number of carbonyl (C=O) groups is 3. The number of aliphatic hydroxyl groups is 1. The molecule has 3 atom stereocenters. The van der Waals surface area contributed by atoms with Crippen molar-refractivity contribution in [3.05, 3.63) is 105 Å². The summed E-state index contributed by atoms with van der Waals surface area (Å²) in [5.41, 5.74) is 5.25. The molecule has 1 unspecified atom stereocenters. The van der Waals surface area contributed by atoms with Gasteiger partial charge in [-0.2, -0.15) is 0 Å². The Labute approximate surface area is 302 Å². The fourth-order valence-electron chi connectivity index (χ4n) is 5.12. The number of benzene rings is 2. The molecule has 2 aromatic heterocycles. The smallest absolute Gasteiger partial charge is 0.426 e. The first kappa shape index (κ1) is 38.4. The number of ether oxygens (including phenoxy) is 1. The Morgan fingerprint density at radius 3 is 2.24 bits per heavy atom. The summed E-state index contributed by atoms with van der Waals surface area (Å²) >= 11 is 2.74. The summed E-state index contributed by atoms with van der Waals surface area (Å²) in [6.45, 7) is 8.55. The summed E-state index contributed by atoms with van der Waals surface area (Å²) in [5.74, 6) is -0.708. The summed E-state index contributed by atoms with van der Waals surface area (Å²) in [4.78, 5) is 48.1. The van der Waals surface area contributed by atoms with E-state index in [2.05, 4.69) is 39.3 Å². The molecule has 12 nitrogen and oxygen atoms in total. The minimum atomic E-state index is -1.13. The highest BCUT2D eigenvalue weighted by Crippen LogP contribution is 2.20. The average Bonchev–Trinajstić information content (AvgIpc) is 3.81. The van der Waals surface area contributed by atoms with Gasteiger partial charge in [0, 0.05) is 37.6 Å². The summed E-state index contributed by atoms with van der Waals surface area (Å²) in [5, 5.41) is 21.9. The molecule has 0 aliphatic heterocycles. The van der Waals surface area contributed by atoms with Crippen molar-refractivity contribution < 1.29 is 24.2 Å². The zero-order valence-corrected chi connectivity index (χ0v) is 30.7. The summed E-state index contributed by atoms with van der Waals surface area (Å²) < 4.78 is 9.49.